The van der Waals surface area contributed by atoms with Gasteiger partial charge in [-0.2, -0.15) is 0 Å². The zero-order valence-corrected chi connectivity index (χ0v) is 6.02. The molecule has 1 aromatic carbocycles. The first-order chi connectivity index (χ1) is 5.95. The predicted molar refractivity (Wildman–Crippen MR) is 41.6 cm³/mol. The molecule has 0 aliphatic heterocycles. The molecule has 3 aromatic rings. The molecule has 0 N–H and O–H groups in total. The van der Waals surface area contributed by atoms with Gasteiger partial charge in [0, 0.05) is 5.39 Å². The Morgan fingerprint density at radius 1 is 1.08 bits per heavy atom. The number of rotatable bonds is 0. The fourth-order valence-corrected chi connectivity index (χ4v) is 1.27. The Morgan fingerprint density at radius 3 is 3.08 bits per heavy atom. The molecule has 0 atom stereocenters. The minimum absolute atomic E-state index is 0.678. The van der Waals surface area contributed by atoms with E-state index in [4.69, 9.17) is 4.42 Å². The molecule has 4 heteroatoms. The quantitative estimate of drug-likeness (QED) is 0.504. The maximum atomic E-state index is 5.23. The lowest BCUT2D eigenvalue weighted by Crippen LogP contribution is -1.69. The van der Waals surface area contributed by atoms with Gasteiger partial charge < -0.3 is 4.42 Å². The van der Waals surface area contributed by atoms with Crippen LogP contribution >= 0.6 is 0 Å². The van der Waals surface area contributed by atoms with Gasteiger partial charge in [0.25, 0.3) is 0 Å². The summed E-state index contributed by atoms with van der Waals surface area (Å²) in [6.07, 6.45) is 1.62. The van der Waals surface area contributed by atoms with Crippen molar-refractivity contribution < 1.29 is 9.05 Å². The highest BCUT2D eigenvalue weighted by Gasteiger charge is 2.06. The summed E-state index contributed by atoms with van der Waals surface area (Å²) in [4.78, 5) is 0. The van der Waals surface area contributed by atoms with E-state index in [1.807, 2.05) is 18.2 Å². The van der Waals surface area contributed by atoms with Crippen LogP contribution in [0.2, 0.25) is 0 Å². The van der Waals surface area contributed by atoms with Gasteiger partial charge in [-0.05, 0) is 28.5 Å². The van der Waals surface area contributed by atoms with Crippen LogP contribution in [0, 0.1) is 0 Å². The van der Waals surface area contributed by atoms with Crippen molar-refractivity contribution in [3.63, 3.8) is 0 Å². The molecule has 0 saturated carbocycles. The third-order valence-corrected chi connectivity index (χ3v) is 1.85. The molecule has 0 fully saturated rings. The van der Waals surface area contributed by atoms with Crippen LogP contribution in [0.4, 0.5) is 0 Å². The van der Waals surface area contributed by atoms with E-state index in [0.29, 0.717) is 5.52 Å². The van der Waals surface area contributed by atoms with Gasteiger partial charge in [0.05, 0.1) is 6.26 Å². The van der Waals surface area contributed by atoms with Gasteiger partial charge in [0.15, 0.2) is 11.1 Å². The fourth-order valence-electron chi connectivity index (χ4n) is 1.27. The van der Waals surface area contributed by atoms with Crippen molar-refractivity contribution in [1.29, 1.82) is 0 Å². The number of furan rings is 1. The molecule has 2 heterocycles. The largest absolute Gasteiger partial charge is 0.462 e. The molecule has 2 aromatic heterocycles. The van der Waals surface area contributed by atoms with Crippen molar-refractivity contribution in [1.82, 2.24) is 10.3 Å². The number of hydrogen-bond donors (Lipinski definition) is 0. The second-order valence-corrected chi connectivity index (χ2v) is 2.54. The normalized spacial score (nSPS) is 11.3. The molecule has 58 valence electrons. The van der Waals surface area contributed by atoms with Crippen LogP contribution in [0.3, 0.4) is 0 Å². The van der Waals surface area contributed by atoms with Gasteiger partial charge in [-0.15, -0.1) is 0 Å². The zero-order chi connectivity index (χ0) is 7.97. The van der Waals surface area contributed by atoms with E-state index in [1.165, 1.54) is 0 Å². The van der Waals surface area contributed by atoms with Gasteiger partial charge in [-0.25, -0.2) is 4.63 Å². The average Bonchev–Trinajstić information content (AvgIpc) is 2.71. The Bertz CT molecular complexity index is 488. The first-order valence-electron chi connectivity index (χ1n) is 3.53. The highest BCUT2D eigenvalue weighted by molar-refractivity contribution is 5.99. The SMILES string of the molecule is c1cc2ccc3nonc3c2o1. The van der Waals surface area contributed by atoms with Gasteiger partial charge in [-0.3, -0.25) is 0 Å². The maximum absolute atomic E-state index is 5.23. The molecular weight excluding hydrogens is 156 g/mol. The summed E-state index contributed by atoms with van der Waals surface area (Å²) in [5, 5.41) is 8.45. The number of benzene rings is 1. The van der Waals surface area contributed by atoms with E-state index < -0.39 is 0 Å². The molecule has 0 saturated heterocycles. The predicted octanol–water partition coefficient (Wildman–Crippen LogP) is 1.97. The summed E-state index contributed by atoms with van der Waals surface area (Å²) in [6.45, 7) is 0. The second kappa shape index (κ2) is 1.85. The topological polar surface area (TPSA) is 52.1 Å². The molecule has 4 nitrogen and oxygen atoms in total. The lowest BCUT2D eigenvalue weighted by atomic mass is 10.2. The van der Waals surface area contributed by atoms with Crippen molar-refractivity contribution in [3.8, 4) is 0 Å². The van der Waals surface area contributed by atoms with Crippen LogP contribution in [0.5, 0.6) is 0 Å². The van der Waals surface area contributed by atoms with Crippen molar-refractivity contribution in [3.05, 3.63) is 24.5 Å². The molecule has 0 aliphatic carbocycles. The minimum Gasteiger partial charge on any atom is -0.462 e. The zero-order valence-electron chi connectivity index (χ0n) is 6.02. The van der Waals surface area contributed by atoms with Crippen LogP contribution in [0.15, 0.2) is 33.5 Å². The monoisotopic (exact) mass is 160 g/mol. The Kier molecular flexibility index (Phi) is 0.889. The van der Waals surface area contributed by atoms with Crippen LogP contribution in [0.25, 0.3) is 22.0 Å². The minimum atomic E-state index is 0.678. The maximum Gasteiger partial charge on any atom is 0.178 e. The van der Waals surface area contributed by atoms with E-state index in [1.54, 1.807) is 6.26 Å². The lowest BCUT2D eigenvalue weighted by Gasteiger charge is -1.84. The molecule has 0 bridgehead atoms. The van der Waals surface area contributed by atoms with Crippen LogP contribution in [0.1, 0.15) is 0 Å². The van der Waals surface area contributed by atoms with E-state index in [9.17, 15) is 0 Å². The summed E-state index contributed by atoms with van der Waals surface area (Å²) >= 11 is 0. The van der Waals surface area contributed by atoms with E-state index in [0.717, 1.165) is 16.5 Å². The van der Waals surface area contributed by atoms with Gasteiger partial charge >= 0.3 is 0 Å². The van der Waals surface area contributed by atoms with E-state index in [-0.39, 0.29) is 0 Å². The highest BCUT2D eigenvalue weighted by Crippen LogP contribution is 2.22. The van der Waals surface area contributed by atoms with E-state index >= 15 is 0 Å². The smallest absolute Gasteiger partial charge is 0.178 e. The number of fused-ring (bicyclic) bond motifs is 3. The first kappa shape index (κ1) is 5.77. The molecule has 0 unspecified atom stereocenters. The molecule has 12 heavy (non-hydrogen) atoms. The summed E-state index contributed by atoms with van der Waals surface area (Å²) in [5.41, 5.74) is 2.13. The number of hydrogen-bond acceptors (Lipinski definition) is 4. The molecule has 0 radical (unpaired) electrons. The molecule has 3 rings (SSSR count). The molecule has 0 aliphatic rings. The highest BCUT2D eigenvalue weighted by atomic mass is 16.6. The summed E-state index contributed by atoms with van der Waals surface area (Å²) in [6, 6.07) is 5.65. The Morgan fingerprint density at radius 2 is 2.08 bits per heavy atom. The molecule has 0 spiro atoms. The van der Waals surface area contributed by atoms with Gasteiger partial charge in [-0.1, -0.05) is 0 Å². The van der Waals surface area contributed by atoms with Crippen molar-refractivity contribution >= 4 is 22.0 Å². The number of aromatic nitrogens is 2. The van der Waals surface area contributed by atoms with Crippen LogP contribution in [-0.4, -0.2) is 10.3 Å². The first-order valence-corrected chi connectivity index (χ1v) is 3.53. The molecular formula is C8H4N2O2. The summed E-state index contributed by atoms with van der Waals surface area (Å²) in [7, 11) is 0. The number of nitrogens with zero attached hydrogens (tertiary/aromatic N) is 2. The van der Waals surface area contributed by atoms with Crippen LogP contribution < -0.4 is 0 Å². The van der Waals surface area contributed by atoms with Crippen molar-refractivity contribution in [2.75, 3.05) is 0 Å². The van der Waals surface area contributed by atoms with Crippen LogP contribution in [-0.2, 0) is 0 Å². The van der Waals surface area contributed by atoms with E-state index in [2.05, 4.69) is 14.9 Å². The van der Waals surface area contributed by atoms with Gasteiger partial charge in [0.1, 0.15) is 5.52 Å². The Hall–Kier alpha value is -1.84. The Labute approximate surface area is 66.7 Å². The molecule has 0 amide bonds. The average molecular weight is 160 g/mol. The van der Waals surface area contributed by atoms with Crippen molar-refractivity contribution in [2.45, 2.75) is 0 Å². The Balaban J connectivity index is 2.71. The standard InChI is InChI=1S/C8H4N2O2/c1-2-6-7(10-12-9-6)8-5(1)3-4-11-8/h1-4H. The summed E-state index contributed by atoms with van der Waals surface area (Å²) in [5.74, 6) is 0. The summed E-state index contributed by atoms with van der Waals surface area (Å²) < 4.78 is 9.81. The third kappa shape index (κ3) is 0.567. The second-order valence-electron chi connectivity index (χ2n) is 2.54. The third-order valence-electron chi connectivity index (χ3n) is 1.85. The van der Waals surface area contributed by atoms with Crippen molar-refractivity contribution in [2.24, 2.45) is 0 Å². The van der Waals surface area contributed by atoms with Gasteiger partial charge in [0.2, 0.25) is 0 Å². The fraction of sp³-hybridized carbons (Fsp3) is 0. The lowest BCUT2D eigenvalue weighted by molar-refractivity contribution is 0.315.